The summed E-state index contributed by atoms with van der Waals surface area (Å²) in [4.78, 5) is 16.6. The van der Waals surface area contributed by atoms with E-state index in [2.05, 4.69) is 10.3 Å². The van der Waals surface area contributed by atoms with Gasteiger partial charge in [-0.15, -0.1) is 0 Å². The summed E-state index contributed by atoms with van der Waals surface area (Å²) < 4.78 is 46.9. The van der Waals surface area contributed by atoms with Crippen LogP contribution >= 0.6 is 23.2 Å². The molecule has 11 heteroatoms. The maximum Gasteiger partial charge on any atom is 0.264 e. The molecule has 0 spiro atoms. The number of benzene rings is 2. The quantitative estimate of drug-likeness (QED) is 0.597. The minimum atomic E-state index is -3.94. The summed E-state index contributed by atoms with van der Waals surface area (Å²) in [5.74, 6) is -1.49. The number of carbonyl (C=O) groups is 1. The summed E-state index contributed by atoms with van der Waals surface area (Å²) in [6.07, 6.45) is 1.28. The van der Waals surface area contributed by atoms with Crippen molar-refractivity contribution >= 4 is 50.5 Å². The highest BCUT2D eigenvalue weighted by atomic mass is 35.5. The van der Waals surface area contributed by atoms with Gasteiger partial charge in [-0.05, 0) is 42.5 Å². The first-order valence-electron chi connectivity index (χ1n) is 8.94. The van der Waals surface area contributed by atoms with E-state index in [4.69, 9.17) is 27.9 Å². The summed E-state index contributed by atoms with van der Waals surface area (Å²) in [5, 5.41) is 2.83. The van der Waals surface area contributed by atoms with Crippen LogP contribution in [0.5, 0.6) is 5.88 Å². The number of halogens is 3. The molecule has 0 fully saturated rings. The first-order chi connectivity index (χ1) is 14.8. The lowest BCUT2D eigenvalue weighted by Gasteiger charge is -2.30. The summed E-state index contributed by atoms with van der Waals surface area (Å²) >= 11 is 11.8. The molecule has 0 unspecified atom stereocenters. The van der Waals surface area contributed by atoms with Gasteiger partial charge >= 0.3 is 0 Å². The van der Waals surface area contributed by atoms with Gasteiger partial charge in [0.15, 0.2) is 0 Å². The molecule has 0 atom stereocenters. The summed E-state index contributed by atoms with van der Waals surface area (Å²) in [6.45, 7) is 0.138. The van der Waals surface area contributed by atoms with Crippen LogP contribution in [0, 0.1) is 5.82 Å². The Morgan fingerprint density at radius 1 is 1.16 bits per heavy atom. The van der Waals surface area contributed by atoms with Crippen LogP contribution in [-0.2, 0) is 10.0 Å². The molecule has 0 saturated heterocycles. The van der Waals surface area contributed by atoms with Crippen molar-refractivity contribution in [2.24, 2.45) is 0 Å². The molecule has 1 N–H and O–H groups in total. The molecule has 0 radical (unpaired) electrons. The maximum absolute atomic E-state index is 14.0. The number of hydrogen-bond donors (Lipinski definition) is 1. The van der Waals surface area contributed by atoms with Gasteiger partial charge in [-0.1, -0.05) is 29.3 Å². The van der Waals surface area contributed by atoms with Gasteiger partial charge in [0.05, 0.1) is 33.9 Å². The standard InChI is InChI=1S/C20H14Cl2FN3O4S/c21-12-4-6-14(7-5-12)31(28,29)26-8-9-30-20-17(26)10-13(11-24-20)25-19(27)18-15(22)2-1-3-16(18)23/h1-7,10-11H,8-9H2,(H,25,27). The zero-order chi connectivity index (χ0) is 22.2. The van der Waals surface area contributed by atoms with Crippen molar-refractivity contribution < 1.29 is 22.3 Å². The highest BCUT2D eigenvalue weighted by molar-refractivity contribution is 7.92. The van der Waals surface area contributed by atoms with Crippen LogP contribution in [0.1, 0.15) is 10.4 Å². The van der Waals surface area contributed by atoms with Gasteiger partial charge in [-0.25, -0.2) is 17.8 Å². The Morgan fingerprint density at radius 3 is 2.61 bits per heavy atom. The highest BCUT2D eigenvalue weighted by Gasteiger charge is 2.31. The molecule has 0 aliphatic carbocycles. The summed E-state index contributed by atoms with van der Waals surface area (Å²) in [6, 6.07) is 11.0. The SMILES string of the molecule is O=C(Nc1cnc2c(c1)N(S(=O)(=O)c1ccc(Cl)cc1)CCO2)c1c(F)cccc1Cl. The Morgan fingerprint density at radius 2 is 1.90 bits per heavy atom. The van der Waals surface area contributed by atoms with E-state index in [1.165, 1.54) is 48.7 Å². The number of rotatable bonds is 4. The van der Waals surface area contributed by atoms with Crippen molar-refractivity contribution in [2.45, 2.75) is 4.90 Å². The number of sulfonamides is 1. The van der Waals surface area contributed by atoms with Gasteiger partial charge in [0, 0.05) is 5.02 Å². The second-order valence-electron chi connectivity index (χ2n) is 6.48. The lowest BCUT2D eigenvalue weighted by Crippen LogP contribution is -2.38. The number of pyridine rings is 1. The van der Waals surface area contributed by atoms with E-state index >= 15 is 0 Å². The average Bonchev–Trinajstić information content (AvgIpc) is 2.73. The van der Waals surface area contributed by atoms with Crippen molar-refractivity contribution in [3.63, 3.8) is 0 Å². The van der Waals surface area contributed by atoms with Crippen LogP contribution in [0.3, 0.4) is 0 Å². The lowest BCUT2D eigenvalue weighted by molar-refractivity contribution is 0.102. The van der Waals surface area contributed by atoms with Crippen molar-refractivity contribution in [3.05, 3.63) is 76.2 Å². The molecule has 2 aromatic carbocycles. The van der Waals surface area contributed by atoms with Crippen LogP contribution in [0.2, 0.25) is 10.0 Å². The summed E-state index contributed by atoms with van der Waals surface area (Å²) in [5.41, 5.74) is -0.0488. The van der Waals surface area contributed by atoms with Gasteiger partial charge in [-0.2, -0.15) is 0 Å². The Hall–Kier alpha value is -2.88. The molecule has 0 saturated carbocycles. The van der Waals surface area contributed by atoms with E-state index in [1.807, 2.05) is 0 Å². The average molecular weight is 482 g/mol. The molecule has 4 rings (SSSR count). The molecule has 3 aromatic rings. The number of amides is 1. The third-order valence-electron chi connectivity index (χ3n) is 4.48. The van der Waals surface area contributed by atoms with Gasteiger partial charge in [0.1, 0.15) is 18.1 Å². The van der Waals surface area contributed by atoms with E-state index in [9.17, 15) is 17.6 Å². The third kappa shape index (κ3) is 4.16. The lowest BCUT2D eigenvalue weighted by atomic mass is 10.2. The van der Waals surface area contributed by atoms with Gasteiger partial charge < -0.3 is 10.1 Å². The van der Waals surface area contributed by atoms with Gasteiger partial charge in [0.25, 0.3) is 15.9 Å². The normalized spacial score (nSPS) is 13.3. The molecule has 1 amide bonds. The maximum atomic E-state index is 14.0. The van der Waals surface area contributed by atoms with E-state index < -0.39 is 21.7 Å². The van der Waals surface area contributed by atoms with Crippen molar-refractivity contribution in [2.75, 3.05) is 22.8 Å². The number of carbonyl (C=O) groups excluding carboxylic acids is 1. The second-order valence-corrected chi connectivity index (χ2v) is 9.18. The number of nitrogens with zero attached hydrogens (tertiary/aromatic N) is 2. The van der Waals surface area contributed by atoms with Crippen molar-refractivity contribution in [1.29, 1.82) is 0 Å². The molecule has 2 heterocycles. The van der Waals surface area contributed by atoms with Crippen LogP contribution < -0.4 is 14.4 Å². The zero-order valence-corrected chi connectivity index (χ0v) is 18.0. The van der Waals surface area contributed by atoms with Gasteiger partial charge in [-0.3, -0.25) is 9.10 Å². The smallest absolute Gasteiger partial charge is 0.264 e. The van der Waals surface area contributed by atoms with Crippen molar-refractivity contribution in [1.82, 2.24) is 4.98 Å². The minimum Gasteiger partial charge on any atom is -0.474 e. The van der Waals surface area contributed by atoms with E-state index in [1.54, 1.807) is 0 Å². The summed E-state index contributed by atoms with van der Waals surface area (Å²) in [7, 11) is -3.94. The largest absolute Gasteiger partial charge is 0.474 e. The highest BCUT2D eigenvalue weighted by Crippen LogP contribution is 2.36. The number of aromatic nitrogens is 1. The molecular formula is C20H14Cl2FN3O4S. The molecule has 1 aromatic heterocycles. The van der Waals surface area contributed by atoms with E-state index in [0.717, 1.165) is 10.4 Å². The fourth-order valence-electron chi connectivity index (χ4n) is 3.04. The first kappa shape index (κ1) is 21.4. The fourth-order valence-corrected chi connectivity index (χ4v) is 4.85. The number of ether oxygens (including phenoxy) is 1. The minimum absolute atomic E-state index is 0.0379. The predicted molar refractivity (Wildman–Crippen MR) is 115 cm³/mol. The number of hydrogen-bond acceptors (Lipinski definition) is 5. The molecule has 1 aliphatic rings. The Bertz CT molecular complexity index is 1250. The monoisotopic (exact) mass is 481 g/mol. The van der Waals surface area contributed by atoms with E-state index in [-0.39, 0.29) is 45.9 Å². The number of nitrogens with one attached hydrogen (secondary N) is 1. The molecule has 0 bridgehead atoms. The Labute approximate surface area is 187 Å². The Balaban J connectivity index is 1.68. The van der Waals surface area contributed by atoms with E-state index in [0.29, 0.717) is 5.02 Å². The van der Waals surface area contributed by atoms with Gasteiger partial charge in [0.2, 0.25) is 5.88 Å². The molecule has 7 nitrogen and oxygen atoms in total. The Kier molecular flexibility index (Phi) is 5.74. The zero-order valence-electron chi connectivity index (χ0n) is 15.7. The molecule has 1 aliphatic heterocycles. The second kappa shape index (κ2) is 8.33. The predicted octanol–water partition coefficient (Wildman–Crippen LogP) is 4.37. The van der Waals surface area contributed by atoms with Crippen LogP contribution in [-0.4, -0.2) is 32.5 Å². The van der Waals surface area contributed by atoms with Crippen LogP contribution in [0.4, 0.5) is 15.8 Å². The first-order valence-corrected chi connectivity index (χ1v) is 11.1. The van der Waals surface area contributed by atoms with Crippen LogP contribution in [0.15, 0.2) is 59.6 Å². The molecular weight excluding hydrogens is 468 g/mol. The fraction of sp³-hybridized carbons (Fsp3) is 0.100. The van der Waals surface area contributed by atoms with Crippen LogP contribution in [0.25, 0.3) is 0 Å². The molecule has 31 heavy (non-hydrogen) atoms. The van der Waals surface area contributed by atoms with Crippen molar-refractivity contribution in [3.8, 4) is 5.88 Å². The number of fused-ring (bicyclic) bond motifs is 1. The molecule has 160 valence electrons. The third-order valence-corrected chi connectivity index (χ3v) is 6.88. The number of anilines is 2. The topological polar surface area (TPSA) is 88.6 Å².